The third-order valence-corrected chi connectivity index (χ3v) is 2.83. The molecular weight excluding hydrogens is 271 g/mol. The molecule has 0 heterocycles. The van der Waals surface area contributed by atoms with Crippen LogP contribution in [-0.4, -0.2) is 37.2 Å². The Kier molecular flexibility index (Phi) is 4.98. The van der Waals surface area contributed by atoms with Crippen molar-refractivity contribution in [2.75, 3.05) is 20.8 Å². The minimum Gasteiger partial charge on any atom is -0.488 e. The predicted molar refractivity (Wildman–Crippen MR) is 68.0 cm³/mol. The van der Waals surface area contributed by atoms with Crippen LogP contribution in [0.25, 0.3) is 0 Å². The largest absolute Gasteiger partial charge is 0.488 e. The molecule has 0 saturated heterocycles. The molecule has 1 aromatic carbocycles. The van der Waals surface area contributed by atoms with Crippen LogP contribution in [0.3, 0.4) is 0 Å². The Morgan fingerprint density at radius 3 is 2.65 bits per heavy atom. The minimum absolute atomic E-state index is 0.180. The number of ether oxygens (including phenoxy) is 2. The van der Waals surface area contributed by atoms with Gasteiger partial charge in [0.15, 0.2) is 11.6 Å². The molecule has 0 saturated carbocycles. The summed E-state index contributed by atoms with van der Waals surface area (Å²) in [6, 6.07) is 3.01. The molecule has 0 amide bonds. The number of methoxy groups -OCH3 is 1. The number of likely N-dealkylation sites (N-methyl/N-ethyl adjacent to an activating group) is 1. The normalized spacial score (nSPS) is 13.4. The highest BCUT2D eigenvalue weighted by Crippen LogP contribution is 2.23. The Bertz CT molecular complexity index is 523. The summed E-state index contributed by atoms with van der Waals surface area (Å²) in [6.45, 7) is 1.34. The second-order valence-electron chi connectivity index (χ2n) is 4.23. The number of non-ortho nitro benzene ring substituents is 1. The lowest BCUT2D eigenvalue weighted by atomic mass is 10.1. The number of nitrogens with zero attached hydrogens (tertiary/aromatic N) is 1. The molecule has 0 aromatic heterocycles. The Hall–Kier alpha value is -2.22. The van der Waals surface area contributed by atoms with Crippen molar-refractivity contribution in [2.24, 2.45) is 0 Å². The lowest BCUT2D eigenvalue weighted by molar-refractivity contribution is -0.385. The fourth-order valence-electron chi connectivity index (χ4n) is 1.40. The summed E-state index contributed by atoms with van der Waals surface area (Å²) in [5.41, 5.74) is -1.53. The van der Waals surface area contributed by atoms with E-state index in [1.807, 2.05) is 0 Å². The maximum Gasteiger partial charge on any atom is 0.329 e. The van der Waals surface area contributed by atoms with Crippen LogP contribution in [0.2, 0.25) is 0 Å². The van der Waals surface area contributed by atoms with E-state index < -0.39 is 22.2 Å². The van der Waals surface area contributed by atoms with Gasteiger partial charge in [-0.25, -0.2) is 9.18 Å². The zero-order valence-corrected chi connectivity index (χ0v) is 11.3. The fraction of sp³-hybridized carbons (Fsp3) is 0.417. The molecule has 0 bridgehead atoms. The van der Waals surface area contributed by atoms with Gasteiger partial charge in [0.1, 0.15) is 12.1 Å². The van der Waals surface area contributed by atoms with Gasteiger partial charge in [-0.1, -0.05) is 0 Å². The maximum absolute atomic E-state index is 13.6. The van der Waals surface area contributed by atoms with Crippen molar-refractivity contribution >= 4 is 11.7 Å². The van der Waals surface area contributed by atoms with Crippen molar-refractivity contribution in [3.8, 4) is 5.75 Å². The van der Waals surface area contributed by atoms with E-state index >= 15 is 0 Å². The van der Waals surface area contributed by atoms with Gasteiger partial charge in [0, 0.05) is 6.07 Å². The number of rotatable bonds is 6. The molecule has 1 N–H and O–H groups in total. The standard InChI is InChI=1S/C12H15FN2O5/c1-12(14-2,11(16)19-3)7-20-10-5-4-8(15(17)18)6-9(10)13/h4-6,14H,7H2,1-3H3. The number of carbonyl (C=O) groups is 1. The number of benzene rings is 1. The molecular formula is C12H15FN2O5. The molecule has 8 heteroatoms. The second kappa shape index (κ2) is 6.29. The Morgan fingerprint density at radius 1 is 1.55 bits per heavy atom. The molecule has 110 valence electrons. The molecule has 0 spiro atoms. The third-order valence-electron chi connectivity index (χ3n) is 2.83. The van der Waals surface area contributed by atoms with Crippen molar-refractivity contribution in [3.63, 3.8) is 0 Å². The van der Waals surface area contributed by atoms with Gasteiger partial charge in [0.25, 0.3) is 5.69 Å². The first-order valence-electron chi connectivity index (χ1n) is 5.68. The number of esters is 1. The molecule has 0 radical (unpaired) electrons. The average Bonchev–Trinajstić information content (AvgIpc) is 2.44. The predicted octanol–water partition coefficient (Wildman–Crippen LogP) is 1.26. The van der Waals surface area contributed by atoms with Gasteiger partial charge in [-0.3, -0.25) is 10.1 Å². The molecule has 7 nitrogen and oxygen atoms in total. The summed E-state index contributed by atoms with van der Waals surface area (Å²) < 4.78 is 23.4. The molecule has 1 atom stereocenters. The van der Waals surface area contributed by atoms with Crippen LogP contribution < -0.4 is 10.1 Å². The van der Waals surface area contributed by atoms with Gasteiger partial charge in [-0.15, -0.1) is 0 Å². The Morgan fingerprint density at radius 2 is 2.20 bits per heavy atom. The molecule has 20 heavy (non-hydrogen) atoms. The fourth-order valence-corrected chi connectivity index (χ4v) is 1.40. The zero-order chi connectivity index (χ0) is 15.3. The van der Waals surface area contributed by atoms with E-state index in [-0.39, 0.29) is 18.0 Å². The number of hydrogen-bond acceptors (Lipinski definition) is 6. The average molecular weight is 286 g/mol. The highest BCUT2D eigenvalue weighted by Gasteiger charge is 2.34. The van der Waals surface area contributed by atoms with Crippen molar-refractivity contribution in [3.05, 3.63) is 34.1 Å². The van der Waals surface area contributed by atoms with E-state index in [4.69, 9.17) is 4.74 Å². The van der Waals surface area contributed by atoms with Gasteiger partial charge in [0.2, 0.25) is 0 Å². The van der Waals surface area contributed by atoms with E-state index in [1.165, 1.54) is 21.1 Å². The van der Waals surface area contributed by atoms with E-state index in [2.05, 4.69) is 10.1 Å². The molecule has 1 rings (SSSR count). The van der Waals surface area contributed by atoms with Crippen LogP contribution in [0.1, 0.15) is 6.92 Å². The van der Waals surface area contributed by atoms with Crippen molar-refractivity contribution in [1.29, 1.82) is 0 Å². The highest BCUT2D eigenvalue weighted by molar-refractivity contribution is 5.80. The lowest BCUT2D eigenvalue weighted by Crippen LogP contribution is -2.52. The third kappa shape index (κ3) is 3.41. The van der Waals surface area contributed by atoms with Crippen molar-refractivity contribution in [1.82, 2.24) is 5.32 Å². The van der Waals surface area contributed by atoms with Gasteiger partial charge in [0.05, 0.1) is 18.1 Å². The molecule has 1 unspecified atom stereocenters. The second-order valence-corrected chi connectivity index (χ2v) is 4.23. The van der Waals surface area contributed by atoms with Crippen LogP contribution in [0.5, 0.6) is 5.75 Å². The molecule has 0 aliphatic carbocycles. The Labute approximate surface area is 114 Å². The summed E-state index contributed by atoms with van der Waals surface area (Å²) in [4.78, 5) is 21.3. The van der Waals surface area contributed by atoms with E-state index in [1.54, 1.807) is 0 Å². The summed E-state index contributed by atoms with van der Waals surface area (Å²) in [5, 5.41) is 13.2. The topological polar surface area (TPSA) is 90.7 Å². The molecule has 0 fully saturated rings. The molecule has 0 aliphatic heterocycles. The first kappa shape index (κ1) is 15.8. The lowest BCUT2D eigenvalue weighted by Gasteiger charge is -2.25. The first-order chi connectivity index (χ1) is 9.34. The van der Waals surface area contributed by atoms with Crippen molar-refractivity contribution in [2.45, 2.75) is 12.5 Å². The van der Waals surface area contributed by atoms with E-state index in [0.717, 1.165) is 18.2 Å². The van der Waals surface area contributed by atoms with Gasteiger partial charge >= 0.3 is 5.97 Å². The summed E-state index contributed by atoms with van der Waals surface area (Å²) in [5.74, 6) is -1.62. The number of nitrogens with one attached hydrogen (secondary N) is 1. The molecule has 0 aliphatic rings. The minimum atomic E-state index is -1.15. The van der Waals surface area contributed by atoms with Gasteiger partial charge in [-0.2, -0.15) is 0 Å². The van der Waals surface area contributed by atoms with E-state index in [9.17, 15) is 19.3 Å². The molecule has 1 aromatic rings. The summed E-state index contributed by atoms with van der Waals surface area (Å²) in [7, 11) is 2.76. The maximum atomic E-state index is 13.6. The number of nitro benzene ring substituents is 1. The highest BCUT2D eigenvalue weighted by atomic mass is 19.1. The van der Waals surface area contributed by atoms with Crippen LogP contribution in [-0.2, 0) is 9.53 Å². The first-order valence-corrected chi connectivity index (χ1v) is 5.68. The Balaban J connectivity index is 2.84. The number of halogens is 1. The monoisotopic (exact) mass is 286 g/mol. The van der Waals surface area contributed by atoms with Crippen LogP contribution in [0.4, 0.5) is 10.1 Å². The van der Waals surface area contributed by atoms with Crippen molar-refractivity contribution < 1.29 is 23.6 Å². The smallest absolute Gasteiger partial charge is 0.329 e. The van der Waals surface area contributed by atoms with Crippen LogP contribution in [0.15, 0.2) is 18.2 Å². The number of nitro groups is 1. The van der Waals surface area contributed by atoms with E-state index in [0.29, 0.717) is 0 Å². The zero-order valence-electron chi connectivity index (χ0n) is 11.3. The number of hydrogen-bond donors (Lipinski definition) is 1. The van der Waals surface area contributed by atoms with Gasteiger partial charge in [-0.05, 0) is 20.0 Å². The van der Waals surface area contributed by atoms with Crippen LogP contribution >= 0.6 is 0 Å². The quantitative estimate of drug-likeness (QED) is 0.481. The van der Waals surface area contributed by atoms with Crippen LogP contribution in [0, 0.1) is 15.9 Å². The summed E-state index contributed by atoms with van der Waals surface area (Å²) >= 11 is 0. The number of carbonyl (C=O) groups excluding carboxylic acids is 1. The van der Waals surface area contributed by atoms with Gasteiger partial charge < -0.3 is 14.8 Å². The SMILES string of the molecule is CNC(C)(COc1ccc([N+](=O)[O-])cc1F)C(=O)OC. The summed E-state index contributed by atoms with van der Waals surface area (Å²) in [6.07, 6.45) is 0.